The van der Waals surface area contributed by atoms with Crippen molar-refractivity contribution < 1.29 is 9.47 Å². The molecule has 1 unspecified atom stereocenters. The van der Waals surface area contributed by atoms with Gasteiger partial charge in [0.05, 0.1) is 13.7 Å². The Labute approximate surface area is 90.6 Å². The molecule has 1 atom stereocenters. The average molecular weight is 210 g/mol. The van der Waals surface area contributed by atoms with Gasteiger partial charge in [-0.2, -0.15) is 0 Å². The zero-order valence-electron chi connectivity index (χ0n) is 9.49. The third-order valence-electron chi connectivity index (χ3n) is 2.06. The molecule has 4 heteroatoms. The Balaban J connectivity index is 2.49. The first-order chi connectivity index (χ1) is 7.27. The summed E-state index contributed by atoms with van der Waals surface area (Å²) in [6.07, 6.45) is 1.74. The van der Waals surface area contributed by atoms with E-state index < -0.39 is 0 Å². The van der Waals surface area contributed by atoms with Crippen LogP contribution in [0.15, 0.2) is 18.3 Å². The summed E-state index contributed by atoms with van der Waals surface area (Å²) in [5.74, 6) is 1.99. The van der Waals surface area contributed by atoms with E-state index in [1.807, 2.05) is 12.1 Å². The van der Waals surface area contributed by atoms with Gasteiger partial charge in [0.2, 0.25) is 0 Å². The van der Waals surface area contributed by atoms with E-state index in [2.05, 4.69) is 17.2 Å². The summed E-state index contributed by atoms with van der Waals surface area (Å²) in [5.41, 5.74) is 0. The van der Waals surface area contributed by atoms with Crippen LogP contribution in [0.5, 0.6) is 5.75 Å². The van der Waals surface area contributed by atoms with Crippen LogP contribution < -0.4 is 10.1 Å². The fourth-order valence-electron chi connectivity index (χ4n) is 1.30. The van der Waals surface area contributed by atoms with Crippen molar-refractivity contribution in [2.24, 2.45) is 5.92 Å². The first kappa shape index (κ1) is 11.8. The van der Waals surface area contributed by atoms with Crippen LogP contribution in [0.1, 0.15) is 6.92 Å². The maximum atomic E-state index is 5.18. The molecule has 0 bridgehead atoms. The SMILES string of the molecule is COCC(C)CNc1ncccc1OC. The van der Waals surface area contributed by atoms with Crippen molar-refractivity contribution in [1.29, 1.82) is 0 Å². The van der Waals surface area contributed by atoms with E-state index >= 15 is 0 Å². The highest BCUT2D eigenvalue weighted by Gasteiger charge is 2.05. The standard InChI is InChI=1S/C11H18N2O2/c1-9(8-14-2)7-13-11-10(15-3)5-4-6-12-11/h4-6,9H,7-8H2,1-3H3,(H,12,13). The molecule has 1 aromatic heterocycles. The average Bonchev–Trinajstić information content (AvgIpc) is 2.27. The number of anilines is 1. The normalized spacial score (nSPS) is 12.2. The molecule has 1 heterocycles. The summed E-state index contributed by atoms with van der Waals surface area (Å²) in [6, 6.07) is 3.74. The van der Waals surface area contributed by atoms with E-state index in [4.69, 9.17) is 9.47 Å². The van der Waals surface area contributed by atoms with Crippen molar-refractivity contribution in [2.75, 3.05) is 32.7 Å². The summed E-state index contributed by atoms with van der Waals surface area (Å²) in [7, 11) is 3.35. The zero-order valence-corrected chi connectivity index (χ0v) is 9.49. The van der Waals surface area contributed by atoms with Crippen LogP contribution in [-0.2, 0) is 4.74 Å². The quantitative estimate of drug-likeness (QED) is 0.777. The molecule has 0 aliphatic heterocycles. The fourth-order valence-corrected chi connectivity index (χ4v) is 1.30. The predicted molar refractivity (Wildman–Crippen MR) is 60.3 cm³/mol. The van der Waals surface area contributed by atoms with E-state index in [0.29, 0.717) is 5.92 Å². The van der Waals surface area contributed by atoms with E-state index in [9.17, 15) is 0 Å². The first-order valence-corrected chi connectivity index (χ1v) is 4.99. The maximum absolute atomic E-state index is 5.18. The Morgan fingerprint density at radius 1 is 1.47 bits per heavy atom. The summed E-state index contributed by atoms with van der Waals surface area (Å²) in [4.78, 5) is 4.20. The second kappa shape index (κ2) is 6.24. The van der Waals surface area contributed by atoms with Crippen LogP contribution in [0.25, 0.3) is 0 Å². The summed E-state index contributed by atoms with van der Waals surface area (Å²) in [5, 5.41) is 3.23. The lowest BCUT2D eigenvalue weighted by Crippen LogP contribution is -2.16. The highest BCUT2D eigenvalue weighted by Crippen LogP contribution is 2.19. The van der Waals surface area contributed by atoms with Crippen LogP contribution in [-0.4, -0.2) is 32.4 Å². The lowest BCUT2D eigenvalue weighted by atomic mass is 10.2. The Hall–Kier alpha value is -1.29. The number of pyridine rings is 1. The molecule has 0 spiro atoms. The van der Waals surface area contributed by atoms with E-state index in [1.165, 1.54) is 0 Å². The Morgan fingerprint density at radius 3 is 2.93 bits per heavy atom. The van der Waals surface area contributed by atoms with Gasteiger partial charge in [0.1, 0.15) is 0 Å². The number of nitrogens with one attached hydrogen (secondary N) is 1. The number of nitrogens with zero attached hydrogens (tertiary/aromatic N) is 1. The lowest BCUT2D eigenvalue weighted by Gasteiger charge is -2.13. The van der Waals surface area contributed by atoms with Gasteiger partial charge in [-0.1, -0.05) is 6.92 Å². The maximum Gasteiger partial charge on any atom is 0.168 e. The van der Waals surface area contributed by atoms with E-state index in [-0.39, 0.29) is 0 Å². The van der Waals surface area contributed by atoms with Gasteiger partial charge >= 0.3 is 0 Å². The van der Waals surface area contributed by atoms with E-state index in [0.717, 1.165) is 24.7 Å². The van der Waals surface area contributed by atoms with E-state index in [1.54, 1.807) is 20.4 Å². The molecule has 1 rings (SSSR count). The Bertz CT molecular complexity index is 292. The van der Waals surface area contributed by atoms with Crippen LogP contribution >= 0.6 is 0 Å². The van der Waals surface area contributed by atoms with Crippen molar-refractivity contribution in [2.45, 2.75) is 6.92 Å². The van der Waals surface area contributed by atoms with Gasteiger partial charge < -0.3 is 14.8 Å². The molecule has 0 saturated carbocycles. The van der Waals surface area contributed by atoms with Crippen LogP contribution in [0.4, 0.5) is 5.82 Å². The molecule has 0 radical (unpaired) electrons. The minimum absolute atomic E-state index is 0.446. The Kier molecular flexibility index (Phi) is 4.90. The van der Waals surface area contributed by atoms with Gasteiger partial charge in [0, 0.05) is 19.9 Å². The molecule has 84 valence electrons. The molecule has 0 saturated heterocycles. The number of methoxy groups -OCH3 is 2. The largest absolute Gasteiger partial charge is 0.493 e. The minimum Gasteiger partial charge on any atom is -0.493 e. The van der Waals surface area contributed by atoms with Gasteiger partial charge in [-0.15, -0.1) is 0 Å². The van der Waals surface area contributed by atoms with Crippen molar-refractivity contribution in [3.8, 4) is 5.75 Å². The van der Waals surface area contributed by atoms with Crippen molar-refractivity contribution >= 4 is 5.82 Å². The Morgan fingerprint density at radius 2 is 2.27 bits per heavy atom. The van der Waals surface area contributed by atoms with Gasteiger partial charge in [-0.05, 0) is 18.1 Å². The van der Waals surface area contributed by atoms with Crippen LogP contribution in [0, 0.1) is 5.92 Å². The van der Waals surface area contributed by atoms with Crippen LogP contribution in [0.3, 0.4) is 0 Å². The van der Waals surface area contributed by atoms with Crippen molar-refractivity contribution in [3.63, 3.8) is 0 Å². The molecule has 0 aliphatic carbocycles. The number of rotatable bonds is 6. The number of aromatic nitrogens is 1. The summed E-state index contributed by atoms with van der Waals surface area (Å²) >= 11 is 0. The molecular weight excluding hydrogens is 192 g/mol. The lowest BCUT2D eigenvalue weighted by molar-refractivity contribution is 0.164. The highest BCUT2D eigenvalue weighted by molar-refractivity contribution is 5.49. The second-order valence-electron chi connectivity index (χ2n) is 3.50. The molecule has 0 amide bonds. The van der Waals surface area contributed by atoms with Gasteiger partial charge in [-0.25, -0.2) is 4.98 Å². The van der Waals surface area contributed by atoms with Gasteiger partial charge in [-0.3, -0.25) is 0 Å². The topological polar surface area (TPSA) is 43.4 Å². The van der Waals surface area contributed by atoms with Crippen molar-refractivity contribution in [3.05, 3.63) is 18.3 Å². The molecular formula is C11H18N2O2. The summed E-state index contributed by atoms with van der Waals surface area (Å²) < 4.78 is 10.2. The molecule has 0 aliphatic rings. The first-order valence-electron chi connectivity index (χ1n) is 4.99. The molecule has 0 fully saturated rings. The minimum atomic E-state index is 0.446. The number of hydrogen-bond donors (Lipinski definition) is 1. The predicted octanol–water partition coefficient (Wildman–Crippen LogP) is 1.78. The number of hydrogen-bond acceptors (Lipinski definition) is 4. The van der Waals surface area contributed by atoms with Gasteiger partial charge in [0.25, 0.3) is 0 Å². The molecule has 1 N–H and O–H groups in total. The molecule has 15 heavy (non-hydrogen) atoms. The van der Waals surface area contributed by atoms with Gasteiger partial charge in [0.15, 0.2) is 11.6 Å². The van der Waals surface area contributed by atoms with Crippen molar-refractivity contribution in [1.82, 2.24) is 4.98 Å². The summed E-state index contributed by atoms with van der Waals surface area (Å²) in [6.45, 7) is 3.68. The monoisotopic (exact) mass is 210 g/mol. The number of ether oxygens (including phenoxy) is 2. The third-order valence-corrected chi connectivity index (χ3v) is 2.06. The third kappa shape index (κ3) is 3.75. The zero-order chi connectivity index (χ0) is 11.1. The second-order valence-corrected chi connectivity index (χ2v) is 3.50. The molecule has 4 nitrogen and oxygen atoms in total. The van der Waals surface area contributed by atoms with Crippen LogP contribution in [0.2, 0.25) is 0 Å². The smallest absolute Gasteiger partial charge is 0.168 e. The molecule has 1 aromatic rings. The highest BCUT2D eigenvalue weighted by atomic mass is 16.5. The fraction of sp³-hybridized carbons (Fsp3) is 0.545. The molecule has 0 aromatic carbocycles.